The average Bonchev–Trinajstić information content (AvgIpc) is 2.76. The van der Waals surface area contributed by atoms with Crippen molar-refractivity contribution in [1.82, 2.24) is 20.1 Å². The van der Waals surface area contributed by atoms with Gasteiger partial charge in [-0.3, -0.25) is 9.67 Å². The van der Waals surface area contributed by atoms with Crippen LogP contribution in [0.1, 0.15) is 30.8 Å². The first-order valence-electron chi connectivity index (χ1n) is 6.59. The quantitative estimate of drug-likeness (QED) is 0.889. The Balaban J connectivity index is 2.01. The molecule has 0 aliphatic heterocycles. The highest BCUT2D eigenvalue weighted by Gasteiger charge is 2.12. The van der Waals surface area contributed by atoms with Gasteiger partial charge < -0.3 is 5.32 Å². The van der Waals surface area contributed by atoms with Crippen LogP contribution in [0.3, 0.4) is 0 Å². The van der Waals surface area contributed by atoms with Crippen LogP contribution < -0.4 is 5.32 Å². The molecule has 0 amide bonds. The standard InChI is InChI=1S/C14H19BrN4/c1-3-12-14(15)13(19(4-2)18-12)10-17-9-11-5-7-16-8-6-11/h5-8,17H,3-4,9-10H2,1-2H3. The van der Waals surface area contributed by atoms with Crippen molar-refractivity contribution >= 4 is 15.9 Å². The highest BCUT2D eigenvalue weighted by molar-refractivity contribution is 9.10. The summed E-state index contributed by atoms with van der Waals surface area (Å²) in [5.41, 5.74) is 3.58. The summed E-state index contributed by atoms with van der Waals surface area (Å²) in [6.07, 6.45) is 4.59. The van der Waals surface area contributed by atoms with E-state index in [-0.39, 0.29) is 0 Å². The molecule has 0 aliphatic rings. The monoisotopic (exact) mass is 322 g/mol. The lowest BCUT2D eigenvalue weighted by Gasteiger charge is -2.07. The third-order valence-corrected chi connectivity index (χ3v) is 3.98. The number of aromatic nitrogens is 3. The molecule has 0 atom stereocenters. The molecule has 0 bridgehead atoms. The number of hydrogen-bond donors (Lipinski definition) is 1. The molecular formula is C14H19BrN4. The Morgan fingerprint density at radius 1 is 1.21 bits per heavy atom. The number of halogens is 1. The van der Waals surface area contributed by atoms with E-state index >= 15 is 0 Å². The summed E-state index contributed by atoms with van der Waals surface area (Å²) in [4.78, 5) is 4.02. The zero-order valence-electron chi connectivity index (χ0n) is 11.4. The van der Waals surface area contributed by atoms with Crippen LogP contribution in [-0.2, 0) is 26.1 Å². The summed E-state index contributed by atoms with van der Waals surface area (Å²) in [5.74, 6) is 0. The molecule has 0 radical (unpaired) electrons. The van der Waals surface area contributed by atoms with Gasteiger partial charge in [-0.05, 0) is 47.0 Å². The summed E-state index contributed by atoms with van der Waals surface area (Å²) in [6, 6.07) is 4.05. The van der Waals surface area contributed by atoms with E-state index in [1.165, 1.54) is 11.3 Å². The average molecular weight is 323 g/mol. The van der Waals surface area contributed by atoms with E-state index in [1.54, 1.807) is 0 Å². The number of nitrogens with zero attached hydrogens (tertiary/aromatic N) is 3. The van der Waals surface area contributed by atoms with Crippen LogP contribution in [-0.4, -0.2) is 14.8 Å². The van der Waals surface area contributed by atoms with Gasteiger partial charge in [0.2, 0.25) is 0 Å². The Hall–Kier alpha value is -1.20. The van der Waals surface area contributed by atoms with Gasteiger partial charge in [-0.15, -0.1) is 0 Å². The molecular weight excluding hydrogens is 304 g/mol. The van der Waals surface area contributed by atoms with E-state index in [1.807, 2.05) is 24.5 Å². The number of nitrogens with one attached hydrogen (secondary N) is 1. The summed E-state index contributed by atoms with van der Waals surface area (Å²) >= 11 is 3.66. The Kier molecular flexibility index (Phi) is 5.10. The van der Waals surface area contributed by atoms with Crippen molar-refractivity contribution < 1.29 is 0 Å². The maximum atomic E-state index is 4.59. The third kappa shape index (κ3) is 3.42. The fourth-order valence-electron chi connectivity index (χ4n) is 2.01. The highest BCUT2D eigenvalue weighted by Crippen LogP contribution is 2.22. The second-order valence-electron chi connectivity index (χ2n) is 4.34. The first-order valence-corrected chi connectivity index (χ1v) is 7.39. The Morgan fingerprint density at radius 2 is 1.95 bits per heavy atom. The van der Waals surface area contributed by atoms with Crippen LogP contribution in [0.5, 0.6) is 0 Å². The molecule has 5 heteroatoms. The smallest absolute Gasteiger partial charge is 0.0767 e. The molecule has 0 spiro atoms. The van der Waals surface area contributed by atoms with Gasteiger partial charge in [-0.2, -0.15) is 5.10 Å². The van der Waals surface area contributed by atoms with Crippen molar-refractivity contribution in [2.45, 2.75) is 39.9 Å². The normalized spacial score (nSPS) is 10.9. The molecule has 2 aromatic heterocycles. The summed E-state index contributed by atoms with van der Waals surface area (Å²) in [6.45, 7) is 6.78. The Bertz CT molecular complexity index is 522. The molecule has 102 valence electrons. The molecule has 0 aromatic carbocycles. The van der Waals surface area contributed by atoms with Crippen LogP contribution in [0.2, 0.25) is 0 Å². The lowest BCUT2D eigenvalue weighted by Crippen LogP contribution is -2.16. The minimum absolute atomic E-state index is 0.809. The third-order valence-electron chi connectivity index (χ3n) is 3.07. The fraction of sp³-hybridized carbons (Fsp3) is 0.429. The van der Waals surface area contributed by atoms with Crippen molar-refractivity contribution in [3.8, 4) is 0 Å². The second kappa shape index (κ2) is 6.82. The van der Waals surface area contributed by atoms with Gasteiger partial charge in [0.05, 0.1) is 15.9 Å². The van der Waals surface area contributed by atoms with Crippen LogP contribution in [0.15, 0.2) is 29.0 Å². The van der Waals surface area contributed by atoms with Gasteiger partial charge in [-0.1, -0.05) is 6.92 Å². The Labute approximate surface area is 122 Å². The van der Waals surface area contributed by atoms with E-state index in [0.29, 0.717) is 0 Å². The zero-order valence-corrected chi connectivity index (χ0v) is 12.9. The van der Waals surface area contributed by atoms with Crippen molar-refractivity contribution in [2.24, 2.45) is 0 Å². The van der Waals surface area contributed by atoms with E-state index < -0.39 is 0 Å². The molecule has 2 rings (SSSR count). The summed E-state index contributed by atoms with van der Waals surface area (Å²) < 4.78 is 3.20. The van der Waals surface area contributed by atoms with E-state index in [2.05, 4.69) is 49.9 Å². The van der Waals surface area contributed by atoms with Gasteiger partial charge in [-0.25, -0.2) is 0 Å². The topological polar surface area (TPSA) is 42.7 Å². The molecule has 0 fully saturated rings. The van der Waals surface area contributed by atoms with Gasteiger partial charge in [0.25, 0.3) is 0 Å². The number of aryl methyl sites for hydroxylation is 2. The summed E-state index contributed by atoms with van der Waals surface area (Å²) in [5, 5.41) is 8.04. The summed E-state index contributed by atoms with van der Waals surface area (Å²) in [7, 11) is 0. The predicted molar refractivity (Wildman–Crippen MR) is 79.8 cm³/mol. The minimum atomic E-state index is 0.809. The lowest BCUT2D eigenvalue weighted by molar-refractivity contribution is 0.576. The van der Waals surface area contributed by atoms with Crippen molar-refractivity contribution in [1.29, 1.82) is 0 Å². The van der Waals surface area contributed by atoms with E-state index in [9.17, 15) is 0 Å². The van der Waals surface area contributed by atoms with E-state index in [4.69, 9.17) is 0 Å². The Morgan fingerprint density at radius 3 is 2.58 bits per heavy atom. The SMILES string of the molecule is CCc1nn(CC)c(CNCc2ccncc2)c1Br. The van der Waals surface area contributed by atoms with Gasteiger partial charge in [0, 0.05) is 32.0 Å². The molecule has 0 saturated carbocycles. The van der Waals surface area contributed by atoms with Gasteiger partial charge >= 0.3 is 0 Å². The van der Waals surface area contributed by atoms with E-state index in [0.717, 1.165) is 36.2 Å². The van der Waals surface area contributed by atoms with Gasteiger partial charge in [0.1, 0.15) is 0 Å². The van der Waals surface area contributed by atoms with Crippen molar-refractivity contribution in [2.75, 3.05) is 0 Å². The van der Waals surface area contributed by atoms with Crippen molar-refractivity contribution in [3.63, 3.8) is 0 Å². The van der Waals surface area contributed by atoms with Gasteiger partial charge in [0.15, 0.2) is 0 Å². The minimum Gasteiger partial charge on any atom is -0.307 e. The molecule has 1 N–H and O–H groups in total. The second-order valence-corrected chi connectivity index (χ2v) is 5.13. The largest absolute Gasteiger partial charge is 0.307 e. The van der Waals surface area contributed by atoms with Crippen LogP contribution in [0.4, 0.5) is 0 Å². The molecule has 4 nitrogen and oxygen atoms in total. The maximum absolute atomic E-state index is 4.59. The lowest BCUT2D eigenvalue weighted by atomic mass is 10.2. The van der Waals surface area contributed by atoms with Crippen LogP contribution >= 0.6 is 15.9 Å². The number of pyridine rings is 1. The first-order chi connectivity index (χ1) is 9.26. The van der Waals surface area contributed by atoms with Crippen LogP contribution in [0.25, 0.3) is 0 Å². The molecule has 0 unspecified atom stereocenters. The van der Waals surface area contributed by atoms with Crippen LogP contribution in [0, 0.1) is 0 Å². The maximum Gasteiger partial charge on any atom is 0.0767 e. The predicted octanol–water partition coefficient (Wildman–Crippen LogP) is 2.91. The molecule has 2 heterocycles. The van der Waals surface area contributed by atoms with Crippen molar-refractivity contribution in [3.05, 3.63) is 46.0 Å². The zero-order chi connectivity index (χ0) is 13.7. The molecule has 19 heavy (non-hydrogen) atoms. The fourth-order valence-corrected chi connectivity index (χ4v) is 2.72. The first kappa shape index (κ1) is 14.2. The molecule has 2 aromatic rings. The number of hydrogen-bond acceptors (Lipinski definition) is 3. The number of rotatable bonds is 6. The molecule has 0 saturated heterocycles. The molecule has 0 aliphatic carbocycles. The highest BCUT2D eigenvalue weighted by atomic mass is 79.9.